The molecule has 7 heteroatoms. The Bertz CT molecular complexity index is 550. The van der Waals surface area contributed by atoms with Gasteiger partial charge in [0.05, 0.1) is 12.0 Å². The SMILES string of the molecule is COc1cc(C(=O)NCC2CCC(Cl)C2)ccc1[N+](=O)[O-]. The van der Waals surface area contributed by atoms with Gasteiger partial charge in [0.15, 0.2) is 5.75 Å². The van der Waals surface area contributed by atoms with Crippen LogP contribution in [0.15, 0.2) is 18.2 Å². The van der Waals surface area contributed by atoms with Gasteiger partial charge in [-0.15, -0.1) is 11.6 Å². The first-order valence-corrected chi connectivity index (χ1v) is 7.19. The number of hydrogen-bond donors (Lipinski definition) is 1. The zero-order valence-corrected chi connectivity index (χ0v) is 12.4. The fourth-order valence-corrected chi connectivity index (χ4v) is 2.89. The van der Waals surface area contributed by atoms with Crippen LogP contribution < -0.4 is 10.1 Å². The maximum atomic E-state index is 12.1. The lowest BCUT2D eigenvalue weighted by Gasteiger charge is -2.11. The number of carbonyl (C=O) groups is 1. The van der Waals surface area contributed by atoms with E-state index < -0.39 is 4.92 Å². The Morgan fingerprint density at radius 2 is 2.29 bits per heavy atom. The van der Waals surface area contributed by atoms with E-state index in [1.807, 2.05) is 0 Å². The van der Waals surface area contributed by atoms with Gasteiger partial charge in [-0.25, -0.2) is 0 Å². The minimum atomic E-state index is -0.542. The lowest BCUT2D eigenvalue weighted by molar-refractivity contribution is -0.385. The van der Waals surface area contributed by atoms with Crippen LogP contribution in [0.3, 0.4) is 0 Å². The van der Waals surface area contributed by atoms with Gasteiger partial charge < -0.3 is 10.1 Å². The van der Waals surface area contributed by atoms with Crippen LogP contribution in [0.2, 0.25) is 0 Å². The second-order valence-corrected chi connectivity index (χ2v) is 5.75. The molecule has 1 aromatic rings. The van der Waals surface area contributed by atoms with Crippen molar-refractivity contribution in [3.05, 3.63) is 33.9 Å². The molecule has 1 saturated carbocycles. The van der Waals surface area contributed by atoms with Crippen LogP contribution in [0.25, 0.3) is 0 Å². The first-order chi connectivity index (χ1) is 10.0. The summed E-state index contributed by atoms with van der Waals surface area (Å²) in [5, 5.41) is 13.8. The topological polar surface area (TPSA) is 81.5 Å². The van der Waals surface area contributed by atoms with E-state index in [0.29, 0.717) is 18.0 Å². The number of nitro benzene ring substituents is 1. The van der Waals surface area contributed by atoms with Gasteiger partial charge in [0.25, 0.3) is 5.91 Å². The molecule has 1 aromatic carbocycles. The molecule has 1 aliphatic rings. The van der Waals surface area contributed by atoms with E-state index in [1.165, 1.54) is 25.3 Å². The second-order valence-electron chi connectivity index (χ2n) is 5.13. The van der Waals surface area contributed by atoms with Gasteiger partial charge in [-0.3, -0.25) is 14.9 Å². The molecule has 0 saturated heterocycles. The zero-order valence-electron chi connectivity index (χ0n) is 11.7. The van der Waals surface area contributed by atoms with E-state index in [2.05, 4.69) is 5.32 Å². The highest BCUT2D eigenvalue weighted by Gasteiger charge is 2.23. The number of nitrogens with one attached hydrogen (secondary N) is 1. The summed E-state index contributed by atoms with van der Waals surface area (Å²) in [7, 11) is 1.34. The highest BCUT2D eigenvalue weighted by atomic mass is 35.5. The quantitative estimate of drug-likeness (QED) is 0.515. The van der Waals surface area contributed by atoms with Crippen molar-refractivity contribution in [3.8, 4) is 5.75 Å². The van der Waals surface area contributed by atoms with E-state index in [9.17, 15) is 14.9 Å². The number of methoxy groups -OCH3 is 1. The summed E-state index contributed by atoms with van der Waals surface area (Å²) in [5.74, 6) is 0.215. The van der Waals surface area contributed by atoms with Crippen LogP contribution in [0, 0.1) is 16.0 Å². The third kappa shape index (κ3) is 3.85. The van der Waals surface area contributed by atoms with Crippen molar-refractivity contribution >= 4 is 23.2 Å². The molecule has 0 spiro atoms. The minimum Gasteiger partial charge on any atom is -0.490 e. The smallest absolute Gasteiger partial charge is 0.310 e. The third-order valence-corrected chi connectivity index (χ3v) is 4.06. The van der Waals surface area contributed by atoms with Crippen LogP contribution in [0.4, 0.5) is 5.69 Å². The monoisotopic (exact) mass is 312 g/mol. The maximum absolute atomic E-state index is 12.1. The number of hydrogen-bond acceptors (Lipinski definition) is 4. The fourth-order valence-electron chi connectivity index (χ4n) is 2.51. The molecule has 1 N–H and O–H groups in total. The zero-order chi connectivity index (χ0) is 15.4. The Morgan fingerprint density at radius 3 is 2.86 bits per heavy atom. The van der Waals surface area contributed by atoms with Gasteiger partial charge in [0.2, 0.25) is 0 Å². The van der Waals surface area contributed by atoms with E-state index in [4.69, 9.17) is 16.3 Å². The van der Waals surface area contributed by atoms with Gasteiger partial charge >= 0.3 is 5.69 Å². The van der Waals surface area contributed by atoms with Gasteiger partial charge in [-0.2, -0.15) is 0 Å². The van der Waals surface area contributed by atoms with Gasteiger partial charge in [-0.1, -0.05) is 0 Å². The normalized spacial score (nSPS) is 21.0. The molecule has 114 valence electrons. The molecule has 2 rings (SSSR count). The Hall–Kier alpha value is -1.82. The van der Waals surface area contributed by atoms with E-state index in [1.54, 1.807) is 0 Å². The van der Waals surface area contributed by atoms with Crippen LogP contribution in [0.5, 0.6) is 5.75 Å². The summed E-state index contributed by atoms with van der Waals surface area (Å²) in [4.78, 5) is 22.3. The Labute approximate surface area is 127 Å². The predicted octanol–water partition coefficient (Wildman–Crippen LogP) is 2.74. The average molecular weight is 313 g/mol. The van der Waals surface area contributed by atoms with Crippen molar-refractivity contribution in [2.24, 2.45) is 5.92 Å². The molecule has 0 aliphatic heterocycles. The molecule has 0 bridgehead atoms. The highest BCUT2D eigenvalue weighted by molar-refractivity contribution is 6.20. The Morgan fingerprint density at radius 1 is 1.52 bits per heavy atom. The number of alkyl halides is 1. The summed E-state index contributed by atoms with van der Waals surface area (Å²) in [5.41, 5.74) is 0.188. The number of ether oxygens (including phenoxy) is 1. The number of nitro groups is 1. The van der Waals surface area contributed by atoms with Crippen molar-refractivity contribution in [1.29, 1.82) is 0 Å². The van der Waals surface area contributed by atoms with Gasteiger partial charge in [-0.05, 0) is 31.2 Å². The molecule has 0 heterocycles. The van der Waals surface area contributed by atoms with Crippen LogP contribution in [-0.4, -0.2) is 29.9 Å². The van der Waals surface area contributed by atoms with E-state index in [-0.39, 0.29) is 22.7 Å². The Kier molecular flexibility index (Phi) is 5.01. The van der Waals surface area contributed by atoms with Gasteiger partial charge in [0.1, 0.15) is 0 Å². The highest BCUT2D eigenvalue weighted by Crippen LogP contribution is 2.29. The largest absolute Gasteiger partial charge is 0.490 e. The first-order valence-electron chi connectivity index (χ1n) is 6.76. The molecule has 6 nitrogen and oxygen atoms in total. The molecule has 2 unspecified atom stereocenters. The minimum absolute atomic E-state index is 0.0781. The number of nitrogens with zero attached hydrogens (tertiary/aromatic N) is 1. The second kappa shape index (κ2) is 6.76. The average Bonchev–Trinajstić information content (AvgIpc) is 2.89. The lowest BCUT2D eigenvalue weighted by atomic mass is 10.1. The number of amides is 1. The molecule has 1 amide bonds. The summed E-state index contributed by atoms with van der Waals surface area (Å²) in [6.07, 6.45) is 2.90. The van der Waals surface area contributed by atoms with Crippen LogP contribution in [-0.2, 0) is 0 Å². The van der Waals surface area contributed by atoms with Crippen molar-refractivity contribution in [2.45, 2.75) is 24.6 Å². The molecular formula is C14H17ClN2O4. The van der Waals surface area contributed by atoms with Crippen molar-refractivity contribution < 1.29 is 14.5 Å². The Balaban J connectivity index is 2.00. The van der Waals surface area contributed by atoms with Crippen LogP contribution >= 0.6 is 11.6 Å². The molecule has 1 fully saturated rings. The van der Waals surface area contributed by atoms with Crippen molar-refractivity contribution in [1.82, 2.24) is 5.32 Å². The third-order valence-electron chi connectivity index (χ3n) is 3.67. The summed E-state index contributed by atoms with van der Waals surface area (Å²) < 4.78 is 4.95. The van der Waals surface area contributed by atoms with E-state index >= 15 is 0 Å². The van der Waals surface area contributed by atoms with Crippen molar-refractivity contribution in [3.63, 3.8) is 0 Å². The molecule has 0 radical (unpaired) electrons. The molecule has 1 aliphatic carbocycles. The summed E-state index contributed by atoms with van der Waals surface area (Å²) >= 11 is 6.03. The molecule has 2 atom stereocenters. The molecular weight excluding hydrogens is 296 g/mol. The number of halogens is 1. The number of benzene rings is 1. The summed E-state index contributed by atoms with van der Waals surface area (Å²) in [6, 6.07) is 4.08. The maximum Gasteiger partial charge on any atom is 0.310 e. The first kappa shape index (κ1) is 15.6. The molecule has 0 aromatic heterocycles. The van der Waals surface area contributed by atoms with E-state index in [0.717, 1.165) is 19.3 Å². The number of rotatable bonds is 5. The molecule has 21 heavy (non-hydrogen) atoms. The van der Waals surface area contributed by atoms with Gasteiger partial charge in [0, 0.05) is 29.6 Å². The number of carbonyl (C=O) groups excluding carboxylic acids is 1. The summed E-state index contributed by atoms with van der Waals surface area (Å²) in [6.45, 7) is 0.571. The van der Waals surface area contributed by atoms with Crippen LogP contribution in [0.1, 0.15) is 29.6 Å². The standard InChI is InChI=1S/C14H17ClN2O4/c1-21-13-7-10(3-5-12(13)17(19)20)14(18)16-8-9-2-4-11(15)6-9/h3,5,7,9,11H,2,4,6,8H2,1H3,(H,16,18). The fraction of sp³-hybridized carbons (Fsp3) is 0.500. The van der Waals surface area contributed by atoms with Crippen molar-refractivity contribution in [2.75, 3.05) is 13.7 Å². The predicted molar refractivity (Wildman–Crippen MR) is 79.0 cm³/mol. The lowest BCUT2D eigenvalue weighted by Crippen LogP contribution is -2.28.